The molecule has 222 valence electrons. The minimum Gasteiger partial charge on any atom is -0.371 e. The third-order valence-corrected chi connectivity index (χ3v) is 5.69. The van der Waals surface area contributed by atoms with Gasteiger partial charge in [0.25, 0.3) is 0 Å². The van der Waals surface area contributed by atoms with Crippen LogP contribution in [0.25, 0.3) is 0 Å². The van der Waals surface area contributed by atoms with E-state index in [0.717, 1.165) is 45.2 Å². The lowest BCUT2D eigenvalue weighted by atomic mass is 10.0. The zero-order valence-corrected chi connectivity index (χ0v) is 27.1. The van der Waals surface area contributed by atoms with Crippen LogP contribution in [0.2, 0.25) is 0 Å². The number of benzene rings is 1. The number of amides is 1. The highest BCUT2D eigenvalue weighted by Gasteiger charge is 2.11. The molecule has 1 unspecified atom stereocenters. The number of carbonyl (C=O) groups excluding carboxylic acids is 1. The van der Waals surface area contributed by atoms with E-state index in [1.807, 2.05) is 48.5 Å². The number of unbranched alkanes of at least 4 members (excludes halogenated alkanes) is 5. The Kier molecular flexibility index (Phi) is 41.5. The molecule has 1 amide bonds. The number of hydrogen-bond donors (Lipinski definition) is 1. The number of rotatable bonds is 17. The molecular weight excluding hydrogens is 464 g/mol. The van der Waals surface area contributed by atoms with E-state index in [0.29, 0.717) is 12.3 Å². The van der Waals surface area contributed by atoms with E-state index in [9.17, 15) is 4.79 Å². The Hall–Kier alpha value is -2.29. The quantitative estimate of drug-likeness (QED) is 0.160. The maximum absolute atomic E-state index is 11.2. The fourth-order valence-electron chi connectivity index (χ4n) is 3.57. The molecule has 1 atom stereocenters. The van der Waals surface area contributed by atoms with Gasteiger partial charge in [0, 0.05) is 32.3 Å². The second-order valence-electron chi connectivity index (χ2n) is 8.37. The molecular formula is C35H66N2O. The van der Waals surface area contributed by atoms with Gasteiger partial charge in [-0.3, -0.25) is 4.79 Å². The van der Waals surface area contributed by atoms with Crippen LogP contribution in [-0.2, 0) is 11.3 Å². The van der Waals surface area contributed by atoms with Gasteiger partial charge in [-0.1, -0.05) is 123 Å². The van der Waals surface area contributed by atoms with Crippen LogP contribution in [-0.4, -0.2) is 24.4 Å². The minimum atomic E-state index is 0.154. The molecule has 0 bridgehead atoms. The minimum absolute atomic E-state index is 0.154. The summed E-state index contributed by atoms with van der Waals surface area (Å²) in [5.74, 6) is 0.734. The first-order valence-electron chi connectivity index (χ1n) is 15.4. The van der Waals surface area contributed by atoms with Crippen LogP contribution in [0.1, 0.15) is 125 Å². The van der Waals surface area contributed by atoms with Crippen molar-refractivity contribution in [3.8, 4) is 0 Å². The van der Waals surface area contributed by atoms with Crippen molar-refractivity contribution < 1.29 is 4.79 Å². The second kappa shape index (κ2) is 36.9. The first kappa shape index (κ1) is 42.8. The zero-order valence-electron chi connectivity index (χ0n) is 27.1. The predicted octanol–water partition coefficient (Wildman–Crippen LogP) is 10.7. The Morgan fingerprint density at radius 3 is 1.82 bits per heavy atom. The van der Waals surface area contributed by atoms with Crippen LogP contribution in [0, 0.1) is 5.92 Å². The van der Waals surface area contributed by atoms with E-state index in [2.05, 4.69) is 73.3 Å². The second-order valence-corrected chi connectivity index (χ2v) is 8.37. The van der Waals surface area contributed by atoms with Gasteiger partial charge in [0.2, 0.25) is 5.91 Å². The van der Waals surface area contributed by atoms with Gasteiger partial charge in [0.15, 0.2) is 0 Å². The maximum Gasteiger partial charge on any atom is 0.219 e. The summed E-state index contributed by atoms with van der Waals surface area (Å²) in [5.41, 5.74) is 2.60. The van der Waals surface area contributed by atoms with Crippen LogP contribution in [0.3, 0.4) is 0 Å². The van der Waals surface area contributed by atoms with Crippen molar-refractivity contribution in [2.75, 3.05) is 13.6 Å². The van der Waals surface area contributed by atoms with Crippen molar-refractivity contribution in [1.29, 1.82) is 0 Å². The summed E-state index contributed by atoms with van der Waals surface area (Å²) >= 11 is 0. The Bertz CT molecular complexity index is 624. The molecule has 0 saturated heterocycles. The van der Waals surface area contributed by atoms with Gasteiger partial charge >= 0.3 is 0 Å². The molecule has 1 aromatic rings. The molecule has 0 saturated carbocycles. The zero-order chi connectivity index (χ0) is 30.0. The Morgan fingerprint density at radius 2 is 1.37 bits per heavy atom. The monoisotopic (exact) mass is 531 g/mol. The Labute approximate surface area is 239 Å². The van der Waals surface area contributed by atoms with Crippen LogP contribution in [0.5, 0.6) is 0 Å². The molecule has 0 aromatic heterocycles. The van der Waals surface area contributed by atoms with E-state index < -0.39 is 0 Å². The van der Waals surface area contributed by atoms with E-state index in [4.69, 9.17) is 0 Å². The lowest BCUT2D eigenvalue weighted by molar-refractivity contribution is -0.120. The molecule has 3 heteroatoms. The SMILES string of the molecule is C=CC.C=CC(CC)CCN(Cc1ccccc1)C(=C)CCCCCCCCC(=O)NC.CC.CC.CC. The molecule has 0 radical (unpaired) electrons. The van der Waals surface area contributed by atoms with Crippen molar-refractivity contribution in [2.45, 2.75) is 126 Å². The largest absolute Gasteiger partial charge is 0.371 e. The Balaban J connectivity index is -0.000000572. The molecule has 1 rings (SSSR count). The van der Waals surface area contributed by atoms with E-state index in [1.165, 1.54) is 36.9 Å². The van der Waals surface area contributed by atoms with Gasteiger partial charge in [0.05, 0.1) is 0 Å². The fraction of sp³-hybridized carbons (Fsp3) is 0.629. The lowest BCUT2D eigenvalue weighted by Gasteiger charge is -2.28. The van der Waals surface area contributed by atoms with Crippen molar-refractivity contribution in [3.63, 3.8) is 0 Å². The summed E-state index contributed by atoms with van der Waals surface area (Å²) < 4.78 is 0. The van der Waals surface area contributed by atoms with Gasteiger partial charge in [-0.05, 0) is 50.5 Å². The summed E-state index contributed by atoms with van der Waals surface area (Å²) in [6, 6.07) is 10.7. The van der Waals surface area contributed by atoms with Gasteiger partial charge in [-0.15, -0.1) is 13.2 Å². The molecule has 0 aliphatic rings. The number of hydrogen-bond acceptors (Lipinski definition) is 2. The summed E-state index contributed by atoms with van der Waals surface area (Å²) in [4.78, 5) is 13.7. The Morgan fingerprint density at radius 1 is 0.895 bits per heavy atom. The highest BCUT2D eigenvalue weighted by molar-refractivity contribution is 5.75. The van der Waals surface area contributed by atoms with Crippen LogP contribution < -0.4 is 5.32 Å². The van der Waals surface area contributed by atoms with Gasteiger partial charge in [0.1, 0.15) is 0 Å². The molecule has 0 aliphatic carbocycles. The van der Waals surface area contributed by atoms with Crippen molar-refractivity contribution >= 4 is 5.91 Å². The third kappa shape index (κ3) is 28.3. The van der Waals surface area contributed by atoms with E-state index in [-0.39, 0.29) is 5.91 Å². The normalized spacial score (nSPS) is 9.71. The summed E-state index contributed by atoms with van der Waals surface area (Å²) in [6.45, 7) is 29.9. The fourth-order valence-corrected chi connectivity index (χ4v) is 3.57. The van der Waals surface area contributed by atoms with Crippen LogP contribution in [0.4, 0.5) is 0 Å². The first-order valence-corrected chi connectivity index (χ1v) is 15.4. The lowest BCUT2D eigenvalue weighted by Crippen LogP contribution is -2.24. The molecule has 0 aliphatic heterocycles. The van der Waals surface area contributed by atoms with E-state index in [1.54, 1.807) is 13.1 Å². The summed E-state index contributed by atoms with van der Waals surface area (Å²) in [6.07, 6.45) is 14.9. The van der Waals surface area contributed by atoms with Gasteiger partial charge in [-0.2, -0.15) is 0 Å². The van der Waals surface area contributed by atoms with Crippen LogP contribution >= 0.6 is 0 Å². The van der Waals surface area contributed by atoms with Crippen molar-refractivity contribution in [1.82, 2.24) is 10.2 Å². The molecule has 0 spiro atoms. The van der Waals surface area contributed by atoms with Crippen molar-refractivity contribution in [3.05, 3.63) is 73.5 Å². The smallest absolute Gasteiger partial charge is 0.219 e. The summed E-state index contributed by atoms with van der Waals surface area (Å²) in [7, 11) is 1.70. The molecule has 1 N–H and O–H groups in total. The topological polar surface area (TPSA) is 32.3 Å². The molecule has 38 heavy (non-hydrogen) atoms. The van der Waals surface area contributed by atoms with Crippen LogP contribution in [0.15, 0.2) is 67.9 Å². The summed E-state index contributed by atoms with van der Waals surface area (Å²) in [5, 5.41) is 2.68. The van der Waals surface area contributed by atoms with Gasteiger partial charge in [-0.25, -0.2) is 0 Å². The van der Waals surface area contributed by atoms with Gasteiger partial charge < -0.3 is 10.2 Å². The molecule has 3 nitrogen and oxygen atoms in total. The predicted molar refractivity (Wildman–Crippen MR) is 176 cm³/mol. The highest BCUT2D eigenvalue weighted by Crippen LogP contribution is 2.20. The molecule has 1 aromatic carbocycles. The van der Waals surface area contributed by atoms with Crippen molar-refractivity contribution in [2.24, 2.45) is 5.92 Å². The van der Waals surface area contributed by atoms with E-state index >= 15 is 0 Å². The number of nitrogens with zero attached hydrogens (tertiary/aromatic N) is 1. The average Bonchev–Trinajstić information content (AvgIpc) is 2.98. The molecule has 0 heterocycles. The number of carbonyl (C=O) groups is 1. The third-order valence-electron chi connectivity index (χ3n) is 5.69. The maximum atomic E-state index is 11.2. The highest BCUT2D eigenvalue weighted by atomic mass is 16.1. The number of nitrogens with one attached hydrogen (secondary N) is 1. The first-order chi connectivity index (χ1) is 18.5. The average molecular weight is 531 g/mol. The number of allylic oxidation sites excluding steroid dienone is 3. The molecule has 0 fully saturated rings. The standard InChI is InChI=1S/C26H42N2O.C3H6.3C2H6/c1-5-24(6-2)20-21-28(22-25-17-13-11-14-18-25)23(3)16-12-9-7-8-10-15-19-26(29)27-4;1-3-2;3*1-2/h5,11,13-14,17-18,24H,1,3,6-10,12,15-16,19-22H2,2,4H3,(H,27,29);3H,1H2,2H3;3*1-2H3.